The average Bonchev–Trinajstić information content (AvgIpc) is 3.12. The molecule has 6 heteroatoms. The molecule has 5 nitrogen and oxygen atoms in total. The summed E-state index contributed by atoms with van der Waals surface area (Å²) in [5.41, 5.74) is 4.08. The first-order valence-corrected chi connectivity index (χ1v) is 8.75. The van der Waals surface area contributed by atoms with Gasteiger partial charge in [-0.1, -0.05) is 66.1 Å². The summed E-state index contributed by atoms with van der Waals surface area (Å²) in [7, 11) is 0. The van der Waals surface area contributed by atoms with Crippen molar-refractivity contribution in [2.45, 2.75) is 12.8 Å². The van der Waals surface area contributed by atoms with Gasteiger partial charge in [0, 0.05) is 17.1 Å². The van der Waals surface area contributed by atoms with Crippen LogP contribution in [0.15, 0.2) is 65.4 Å². The van der Waals surface area contributed by atoms with E-state index in [1.807, 2.05) is 42.5 Å². The van der Waals surface area contributed by atoms with Crippen LogP contribution < -0.4 is 5.32 Å². The smallest absolute Gasteiger partial charge is 0.228 e. The number of aromatic nitrogens is 3. The van der Waals surface area contributed by atoms with Gasteiger partial charge in [0.2, 0.25) is 5.58 Å². The third kappa shape index (κ3) is 3.26. The fourth-order valence-corrected chi connectivity index (χ4v) is 2.96. The van der Waals surface area contributed by atoms with Crippen molar-refractivity contribution in [3.8, 4) is 11.3 Å². The van der Waals surface area contributed by atoms with E-state index < -0.39 is 0 Å². The van der Waals surface area contributed by atoms with Crippen LogP contribution in [-0.2, 0) is 0 Å². The minimum atomic E-state index is 0.333. The molecule has 2 aromatic heterocycles. The fourth-order valence-electron chi connectivity index (χ4n) is 2.84. The second kappa shape index (κ2) is 7.14. The van der Waals surface area contributed by atoms with Crippen LogP contribution in [0.1, 0.15) is 18.4 Å². The molecule has 2 heterocycles. The van der Waals surface area contributed by atoms with Gasteiger partial charge in [-0.3, -0.25) is 0 Å². The molecule has 0 bridgehead atoms. The van der Waals surface area contributed by atoms with E-state index in [0.717, 1.165) is 12.1 Å². The zero-order valence-corrected chi connectivity index (χ0v) is 14.9. The van der Waals surface area contributed by atoms with Crippen LogP contribution >= 0.6 is 11.6 Å². The Morgan fingerprint density at radius 2 is 1.81 bits per heavy atom. The van der Waals surface area contributed by atoms with E-state index in [1.165, 1.54) is 11.9 Å². The van der Waals surface area contributed by atoms with Crippen molar-refractivity contribution in [2.75, 3.05) is 11.9 Å². The molecule has 26 heavy (non-hydrogen) atoms. The molecule has 0 saturated heterocycles. The summed E-state index contributed by atoms with van der Waals surface area (Å²) in [6, 6.07) is 17.8. The Labute approximate surface area is 156 Å². The molecule has 0 aliphatic heterocycles. The van der Waals surface area contributed by atoms with Crippen LogP contribution in [0.5, 0.6) is 0 Å². The van der Waals surface area contributed by atoms with E-state index in [1.54, 1.807) is 0 Å². The number of nitrogens with one attached hydrogen (secondary N) is 1. The van der Waals surface area contributed by atoms with Crippen LogP contribution in [0.25, 0.3) is 22.4 Å². The molecule has 1 N–H and O–H groups in total. The van der Waals surface area contributed by atoms with Crippen LogP contribution in [0.2, 0.25) is 5.02 Å². The van der Waals surface area contributed by atoms with Gasteiger partial charge < -0.3 is 9.84 Å². The van der Waals surface area contributed by atoms with Gasteiger partial charge in [-0.05, 0) is 23.6 Å². The second-order valence-electron chi connectivity index (χ2n) is 6.13. The molecular weight excluding hydrogens is 348 g/mol. The van der Waals surface area contributed by atoms with Gasteiger partial charge >= 0.3 is 0 Å². The maximum atomic E-state index is 5.96. The molecular formula is C20H17ClN4O. The molecule has 0 fully saturated rings. The van der Waals surface area contributed by atoms with Crippen molar-refractivity contribution in [3.05, 3.63) is 71.5 Å². The van der Waals surface area contributed by atoms with Crippen LogP contribution in [0.4, 0.5) is 5.82 Å². The minimum Gasteiger partial charge on any atom is -0.366 e. The van der Waals surface area contributed by atoms with E-state index in [-0.39, 0.29) is 0 Å². The molecule has 0 aliphatic carbocycles. The maximum absolute atomic E-state index is 5.96. The molecule has 0 spiro atoms. The molecule has 4 rings (SSSR count). The lowest BCUT2D eigenvalue weighted by molar-refractivity contribution is 0.459. The Morgan fingerprint density at radius 1 is 1.04 bits per heavy atom. The standard InChI is InChI=1S/C20H17ClN4O/c1-13(14-5-3-2-4-6-14)11-22-20-19-18(23-12-24-20)17(25-26-19)15-7-9-16(21)10-8-15/h2-10,12-13H,11H2,1H3,(H,22,23,24)/t13-/m1/s1. The number of halogens is 1. The third-order valence-corrected chi connectivity index (χ3v) is 4.57. The summed E-state index contributed by atoms with van der Waals surface area (Å²) in [6.07, 6.45) is 1.52. The molecule has 0 aliphatic rings. The number of hydrogen-bond donors (Lipinski definition) is 1. The Bertz CT molecular complexity index is 1020. The van der Waals surface area contributed by atoms with Crippen molar-refractivity contribution in [2.24, 2.45) is 0 Å². The number of nitrogens with zero attached hydrogens (tertiary/aromatic N) is 3. The molecule has 4 aromatic rings. The number of hydrogen-bond acceptors (Lipinski definition) is 5. The van der Waals surface area contributed by atoms with Gasteiger partial charge in [0.05, 0.1) is 0 Å². The van der Waals surface area contributed by atoms with Crippen LogP contribution in [0, 0.1) is 0 Å². The largest absolute Gasteiger partial charge is 0.366 e. The van der Waals surface area contributed by atoms with Crippen molar-refractivity contribution in [3.63, 3.8) is 0 Å². The Hall–Kier alpha value is -2.92. The predicted molar refractivity (Wildman–Crippen MR) is 103 cm³/mol. The van der Waals surface area contributed by atoms with Gasteiger partial charge in [0.15, 0.2) is 5.82 Å². The van der Waals surface area contributed by atoms with Gasteiger partial charge in [0.25, 0.3) is 0 Å². The Morgan fingerprint density at radius 3 is 2.58 bits per heavy atom. The highest BCUT2D eigenvalue weighted by Crippen LogP contribution is 2.30. The Kier molecular flexibility index (Phi) is 4.54. The molecule has 2 aromatic carbocycles. The highest BCUT2D eigenvalue weighted by atomic mass is 35.5. The maximum Gasteiger partial charge on any atom is 0.228 e. The zero-order chi connectivity index (χ0) is 17.9. The number of anilines is 1. The fraction of sp³-hybridized carbons (Fsp3) is 0.150. The molecule has 130 valence electrons. The van der Waals surface area contributed by atoms with Crippen molar-refractivity contribution >= 4 is 28.5 Å². The minimum absolute atomic E-state index is 0.333. The topological polar surface area (TPSA) is 63.8 Å². The first kappa shape index (κ1) is 16.5. The van der Waals surface area contributed by atoms with Crippen molar-refractivity contribution in [1.82, 2.24) is 15.1 Å². The Balaban J connectivity index is 1.60. The molecule has 0 radical (unpaired) electrons. The van der Waals surface area contributed by atoms with E-state index in [4.69, 9.17) is 16.1 Å². The summed E-state index contributed by atoms with van der Waals surface area (Å²) >= 11 is 5.96. The molecule has 1 atom stereocenters. The zero-order valence-electron chi connectivity index (χ0n) is 14.2. The number of benzene rings is 2. The summed E-state index contributed by atoms with van der Waals surface area (Å²) in [5, 5.41) is 8.21. The lowest BCUT2D eigenvalue weighted by Gasteiger charge is -2.13. The summed E-state index contributed by atoms with van der Waals surface area (Å²) < 4.78 is 5.53. The van der Waals surface area contributed by atoms with Crippen LogP contribution in [0.3, 0.4) is 0 Å². The van der Waals surface area contributed by atoms with E-state index in [9.17, 15) is 0 Å². The third-order valence-electron chi connectivity index (χ3n) is 4.32. The number of rotatable bonds is 5. The normalized spacial score (nSPS) is 12.2. The molecule has 0 amide bonds. The van der Waals surface area contributed by atoms with Gasteiger partial charge in [0.1, 0.15) is 17.5 Å². The second-order valence-corrected chi connectivity index (χ2v) is 6.57. The first-order chi connectivity index (χ1) is 12.7. The average molecular weight is 365 g/mol. The van der Waals surface area contributed by atoms with Gasteiger partial charge in [-0.2, -0.15) is 0 Å². The molecule has 0 saturated carbocycles. The van der Waals surface area contributed by atoms with E-state index in [2.05, 4.69) is 39.5 Å². The predicted octanol–water partition coefficient (Wildman–Crippen LogP) is 5.15. The van der Waals surface area contributed by atoms with Gasteiger partial charge in [-0.15, -0.1) is 0 Å². The summed E-state index contributed by atoms with van der Waals surface area (Å²) in [5.74, 6) is 0.977. The summed E-state index contributed by atoms with van der Waals surface area (Å²) in [4.78, 5) is 8.66. The first-order valence-electron chi connectivity index (χ1n) is 8.37. The summed E-state index contributed by atoms with van der Waals surface area (Å²) in [6.45, 7) is 2.90. The molecule has 0 unspecified atom stereocenters. The lowest BCUT2D eigenvalue weighted by atomic mass is 10.0. The monoisotopic (exact) mass is 364 g/mol. The van der Waals surface area contributed by atoms with Crippen molar-refractivity contribution in [1.29, 1.82) is 0 Å². The highest BCUT2D eigenvalue weighted by Gasteiger charge is 2.16. The highest BCUT2D eigenvalue weighted by molar-refractivity contribution is 6.30. The SMILES string of the molecule is C[C@H](CNc1ncnc2c(-c3ccc(Cl)cc3)noc12)c1ccccc1. The van der Waals surface area contributed by atoms with Crippen LogP contribution in [-0.4, -0.2) is 21.7 Å². The quantitative estimate of drug-likeness (QED) is 0.530. The van der Waals surface area contributed by atoms with Crippen molar-refractivity contribution < 1.29 is 4.52 Å². The lowest BCUT2D eigenvalue weighted by Crippen LogP contribution is -2.11. The number of fused-ring (bicyclic) bond motifs is 1. The van der Waals surface area contributed by atoms with Gasteiger partial charge in [-0.25, -0.2) is 9.97 Å². The van der Waals surface area contributed by atoms with E-state index in [0.29, 0.717) is 33.6 Å². The van der Waals surface area contributed by atoms with E-state index >= 15 is 0 Å².